The first-order valence-electron chi connectivity index (χ1n) is 7.87. The SMILES string of the molecule is O=C(O)CN1C(=O)/C(=C\c2ccccc2OCc2ccc(Cl)cc2)SC1=S. The molecule has 8 heteroatoms. The fourth-order valence-corrected chi connectivity index (χ4v) is 3.76. The molecule has 3 rings (SSSR count). The van der Waals surface area contributed by atoms with Crippen LogP contribution in [-0.4, -0.2) is 32.7 Å². The normalized spacial score (nSPS) is 15.4. The molecule has 1 N–H and O–H groups in total. The Morgan fingerprint density at radius 2 is 1.93 bits per heavy atom. The van der Waals surface area contributed by atoms with Crippen molar-refractivity contribution >= 4 is 57.9 Å². The number of ether oxygens (including phenoxy) is 1. The Kier molecular flexibility index (Phi) is 6.15. The Hall–Kier alpha value is -2.35. The summed E-state index contributed by atoms with van der Waals surface area (Å²) in [5.74, 6) is -0.921. The molecule has 1 aliphatic rings. The Bertz CT molecular complexity index is 928. The molecule has 138 valence electrons. The van der Waals surface area contributed by atoms with E-state index >= 15 is 0 Å². The number of halogens is 1. The van der Waals surface area contributed by atoms with Crippen LogP contribution in [0.1, 0.15) is 11.1 Å². The van der Waals surface area contributed by atoms with Crippen molar-refractivity contribution < 1.29 is 19.4 Å². The number of carboxylic acids is 1. The number of aliphatic carboxylic acids is 1. The molecule has 0 aliphatic carbocycles. The van der Waals surface area contributed by atoms with Crippen molar-refractivity contribution in [1.82, 2.24) is 4.90 Å². The number of carbonyl (C=O) groups is 2. The molecule has 0 bridgehead atoms. The van der Waals surface area contributed by atoms with Crippen molar-refractivity contribution in [2.45, 2.75) is 6.61 Å². The lowest BCUT2D eigenvalue weighted by Gasteiger charge is -2.11. The summed E-state index contributed by atoms with van der Waals surface area (Å²) < 4.78 is 6.11. The second kappa shape index (κ2) is 8.56. The molecule has 1 aliphatic heterocycles. The molecular formula is C19H14ClNO4S2. The van der Waals surface area contributed by atoms with Gasteiger partial charge in [-0.25, -0.2) is 0 Å². The number of benzene rings is 2. The van der Waals surface area contributed by atoms with Gasteiger partial charge in [0, 0.05) is 10.6 Å². The van der Waals surface area contributed by atoms with E-state index in [-0.39, 0.29) is 4.32 Å². The molecule has 0 saturated carbocycles. The van der Waals surface area contributed by atoms with Gasteiger partial charge in [-0.3, -0.25) is 14.5 Å². The number of para-hydroxylation sites is 1. The van der Waals surface area contributed by atoms with E-state index in [4.69, 9.17) is 33.7 Å². The molecule has 0 spiro atoms. The second-order valence-corrected chi connectivity index (χ2v) is 7.73. The minimum atomic E-state index is -1.11. The predicted molar refractivity (Wildman–Crippen MR) is 110 cm³/mol. The standard InChI is InChI=1S/C19H14ClNO4S2/c20-14-7-5-12(6-8-14)11-25-15-4-2-1-3-13(15)9-16-18(24)21(10-17(22)23)19(26)27-16/h1-9H,10-11H2,(H,22,23)/b16-9+. The third-order valence-corrected chi connectivity index (χ3v) is 5.31. The maximum Gasteiger partial charge on any atom is 0.323 e. The third-order valence-electron chi connectivity index (χ3n) is 3.68. The van der Waals surface area contributed by atoms with E-state index in [0.29, 0.717) is 27.8 Å². The van der Waals surface area contributed by atoms with Gasteiger partial charge in [-0.2, -0.15) is 0 Å². The number of thiocarbonyl (C=S) groups is 1. The van der Waals surface area contributed by atoms with E-state index in [1.54, 1.807) is 24.3 Å². The van der Waals surface area contributed by atoms with E-state index in [2.05, 4.69) is 0 Å². The highest BCUT2D eigenvalue weighted by Gasteiger charge is 2.33. The number of rotatable bonds is 6. The van der Waals surface area contributed by atoms with Gasteiger partial charge in [0.2, 0.25) is 0 Å². The number of nitrogens with zero attached hydrogens (tertiary/aromatic N) is 1. The molecule has 2 aromatic carbocycles. The van der Waals surface area contributed by atoms with Crippen LogP contribution in [-0.2, 0) is 16.2 Å². The van der Waals surface area contributed by atoms with Crippen LogP contribution >= 0.6 is 35.6 Å². The molecule has 2 aromatic rings. The predicted octanol–water partition coefficient (Wildman–Crippen LogP) is 4.20. The molecule has 27 heavy (non-hydrogen) atoms. The molecule has 0 radical (unpaired) electrons. The molecule has 0 unspecified atom stereocenters. The van der Waals surface area contributed by atoms with E-state index in [1.807, 2.05) is 30.3 Å². The average molecular weight is 420 g/mol. The van der Waals surface area contributed by atoms with Crippen LogP contribution in [0.3, 0.4) is 0 Å². The first-order chi connectivity index (χ1) is 12.9. The lowest BCUT2D eigenvalue weighted by molar-refractivity contribution is -0.140. The van der Waals surface area contributed by atoms with Gasteiger partial charge >= 0.3 is 5.97 Å². The fourth-order valence-electron chi connectivity index (χ4n) is 2.39. The van der Waals surface area contributed by atoms with Crippen molar-refractivity contribution in [3.05, 3.63) is 69.6 Å². The highest BCUT2D eigenvalue weighted by atomic mass is 35.5. The van der Waals surface area contributed by atoms with Crippen LogP contribution in [0, 0.1) is 0 Å². The van der Waals surface area contributed by atoms with Gasteiger partial charge in [-0.05, 0) is 29.8 Å². The molecule has 1 fully saturated rings. The van der Waals surface area contributed by atoms with E-state index in [9.17, 15) is 9.59 Å². The van der Waals surface area contributed by atoms with Gasteiger partial charge in [0.05, 0.1) is 4.91 Å². The van der Waals surface area contributed by atoms with Crippen LogP contribution < -0.4 is 4.74 Å². The largest absolute Gasteiger partial charge is 0.488 e. The Balaban J connectivity index is 1.78. The van der Waals surface area contributed by atoms with Gasteiger partial charge in [-0.15, -0.1) is 0 Å². The molecule has 0 aromatic heterocycles. The zero-order valence-corrected chi connectivity index (χ0v) is 16.3. The fraction of sp³-hybridized carbons (Fsp3) is 0.105. The van der Waals surface area contributed by atoms with E-state index in [0.717, 1.165) is 22.2 Å². The number of hydrogen-bond acceptors (Lipinski definition) is 5. The summed E-state index contributed by atoms with van der Waals surface area (Å²) in [5.41, 5.74) is 1.67. The van der Waals surface area contributed by atoms with Crippen LogP contribution in [0.2, 0.25) is 5.02 Å². The van der Waals surface area contributed by atoms with Crippen LogP contribution in [0.15, 0.2) is 53.4 Å². The topological polar surface area (TPSA) is 66.8 Å². The number of hydrogen-bond donors (Lipinski definition) is 1. The minimum absolute atomic E-state index is 0.230. The summed E-state index contributed by atoms with van der Waals surface area (Å²) in [7, 11) is 0. The van der Waals surface area contributed by atoms with Crippen molar-refractivity contribution in [1.29, 1.82) is 0 Å². The lowest BCUT2D eigenvalue weighted by Crippen LogP contribution is -2.33. The maximum atomic E-state index is 12.4. The Morgan fingerprint density at radius 3 is 2.63 bits per heavy atom. The van der Waals surface area contributed by atoms with Gasteiger partial charge in [0.15, 0.2) is 0 Å². The van der Waals surface area contributed by atoms with Crippen LogP contribution in [0.25, 0.3) is 6.08 Å². The zero-order valence-electron chi connectivity index (χ0n) is 13.9. The summed E-state index contributed by atoms with van der Waals surface area (Å²) in [4.78, 5) is 24.7. The Labute approximate surface area is 170 Å². The molecule has 1 heterocycles. The number of carbonyl (C=O) groups excluding carboxylic acids is 1. The highest BCUT2D eigenvalue weighted by Crippen LogP contribution is 2.34. The summed E-state index contributed by atoms with van der Waals surface area (Å²) in [6.45, 7) is -0.0985. The smallest absolute Gasteiger partial charge is 0.323 e. The summed E-state index contributed by atoms with van der Waals surface area (Å²) in [5, 5.41) is 9.57. The average Bonchev–Trinajstić information content (AvgIpc) is 2.89. The monoisotopic (exact) mass is 419 g/mol. The van der Waals surface area contributed by atoms with E-state index in [1.165, 1.54) is 0 Å². The molecule has 0 atom stereocenters. The maximum absolute atomic E-state index is 12.4. The van der Waals surface area contributed by atoms with Gasteiger partial charge < -0.3 is 9.84 Å². The first kappa shape index (κ1) is 19.4. The minimum Gasteiger partial charge on any atom is -0.488 e. The second-order valence-electron chi connectivity index (χ2n) is 5.61. The van der Waals surface area contributed by atoms with Crippen LogP contribution in [0.4, 0.5) is 0 Å². The van der Waals surface area contributed by atoms with Crippen molar-refractivity contribution in [2.24, 2.45) is 0 Å². The van der Waals surface area contributed by atoms with Crippen molar-refractivity contribution in [3.8, 4) is 5.75 Å². The summed E-state index contributed by atoms with van der Waals surface area (Å²) in [6, 6.07) is 14.6. The van der Waals surface area contributed by atoms with Gasteiger partial charge in [0.25, 0.3) is 5.91 Å². The highest BCUT2D eigenvalue weighted by molar-refractivity contribution is 8.26. The Morgan fingerprint density at radius 1 is 1.22 bits per heavy atom. The zero-order chi connectivity index (χ0) is 19.4. The quantitative estimate of drug-likeness (QED) is 0.559. The van der Waals surface area contributed by atoms with Gasteiger partial charge in [-0.1, -0.05) is 65.9 Å². The molecule has 5 nitrogen and oxygen atoms in total. The molecule has 1 saturated heterocycles. The number of thioether (sulfide) groups is 1. The van der Waals surface area contributed by atoms with E-state index < -0.39 is 18.4 Å². The molecule has 1 amide bonds. The van der Waals surface area contributed by atoms with Crippen molar-refractivity contribution in [2.75, 3.05) is 6.54 Å². The van der Waals surface area contributed by atoms with Crippen molar-refractivity contribution in [3.63, 3.8) is 0 Å². The number of carboxylic acid groups (broad SMARTS) is 1. The van der Waals surface area contributed by atoms with Gasteiger partial charge in [0.1, 0.15) is 23.2 Å². The summed E-state index contributed by atoms with van der Waals surface area (Å²) in [6.07, 6.45) is 1.67. The van der Waals surface area contributed by atoms with Crippen LogP contribution in [0.5, 0.6) is 5.75 Å². The summed E-state index contributed by atoms with van der Waals surface area (Å²) >= 11 is 12.1. The lowest BCUT2D eigenvalue weighted by atomic mass is 10.1. The first-order valence-corrected chi connectivity index (χ1v) is 9.48. The third kappa shape index (κ3) is 4.88. The number of amides is 1. The molecular weight excluding hydrogens is 406 g/mol.